The van der Waals surface area contributed by atoms with Gasteiger partial charge >= 0.3 is 0 Å². The van der Waals surface area contributed by atoms with Gasteiger partial charge < -0.3 is 10.2 Å². The van der Waals surface area contributed by atoms with E-state index in [9.17, 15) is 4.79 Å². The molecular formula is C21H19ClN4OS. The van der Waals surface area contributed by atoms with Crippen LogP contribution in [-0.4, -0.2) is 22.4 Å². The zero-order valence-corrected chi connectivity index (χ0v) is 17.1. The van der Waals surface area contributed by atoms with Gasteiger partial charge in [-0.15, -0.1) is 11.8 Å². The molecule has 0 saturated carbocycles. The van der Waals surface area contributed by atoms with Gasteiger partial charge in [-0.25, -0.2) is 9.97 Å². The highest BCUT2D eigenvalue weighted by atomic mass is 35.5. The fourth-order valence-electron chi connectivity index (χ4n) is 3.19. The largest absolute Gasteiger partial charge is 0.318 e. The molecule has 1 N–H and O–H groups in total. The summed E-state index contributed by atoms with van der Waals surface area (Å²) < 4.78 is 0. The van der Waals surface area contributed by atoms with E-state index in [-0.39, 0.29) is 5.91 Å². The average Bonchev–Trinajstić information content (AvgIpc) is 2.81. The smallest absolute Gasteiger partial charge is 0.259 e. The van der Waals surface area contributed by atoms with E-state index in [2.05, 4.69) is 27.4 Å². The predicted octanol–water partition coefficient (Wildman–Crippen LogP) is 5.45. The number of rotatable bonds is 4. The number of amides is 1. The van der Waals surface area contributed by atoms with E-state index in [0.29, 0.717) is 34.6 Å². The first kappa shape index (κ1) is 18.8. The second-order valence-corrected chi connectivity index (χ2v) is 7.91. The van der Waals surface area contributed by atoms with Crippen LogP contribution >= 0.6 is 23.4 Å². The van der Waals surface area contributed by atoms with Gasteiger partial charge in [0.15, 0.2) is 5.82 Å². The Labute approximate surface area is 173 Å². The quantitative estimate of drug-likeness (QED) is 0.457. The number of fused-ring (bicyclic) bond motifs is 2. The van der Waals surface area contributed by atoms with Crippen molar-refractivity contribution in [3.05, 3.63) is 70.5 Å². The number of anilines is 3. The molecule has 5 nitrogen and oxygen atoms in total. The molecule has 0 saturated heterocycles. The molecule has 1 aromatic carbocycles. The molecule has 142 valence electrons. The molecule has 1 aliphatic rings. The van der Waals surface area contributed by atoms with Crippen LogP contribution in [0.15, 0.2) is 53.6 Å². The summed E-state index contributed by atoms with van der Waals surface area (Å²) in [6.07, 6.45) is 1.83. The minimum atomic E-state index is -0.182. The number of nitrogens with zero attached hydrogens (tertiary/aromatic N) is 3. The van der Waals surface area contributed by atoms with Gasteiger partial charge in [-0.1, -0.05) is 29.8 Å². The Morgan fingerprint density at radius 3 is 2.71 bits per heavy atom. The van der Waals surface area contributed by atoms with Crippen LogP contribution in [0, 0.1) is 6.92 Å². The summed E-state index contributed by atoms with van der Waals surface area (Å²) in [7, 11) is 0. The SMILES string of the molecule is CCN1c2ncc(CSc3ccccc3)cc2C(=O)Nc2c(C)cc(Cl)nc21. The lowest BCUT2D eigenvalue weighted by atomic mass is 10.2. The number of carbonyl (C=O) groups is 1. The highest BCUT2D eigenvalue weighted by Gasteiger charge is 2.28. The second-order valence-electron chi connectivity index (χ2n) is 6.48. The number of pyridine rings is 2. The molecule has 2 aromatic heterocycles. The van der Waals surface area contributed by atoms with Crippen LogP contribution in [0.25, 0.3) is 0 Å². The van der Waals surface area contributed by atoms with Gasteiger partial charge in [-0.2, -0.15) is 0 Å². The number of carbonyl (C=O) groups excluding carboxylic acids is 1. The molecule has 3 aromatic rings. The number of benzene rings is 1. The van der Waals surface area contributed by atoms with Crippen molar-refractivity contribution in [2.75, 3.05) is 16.8 Å². The van der Waals surface area contributed by atoms with Crippen LogP contribution in [-0.2, 0) is 5.75 Å². The van der Waals surface area contributed by atoms with Crippen molar-refractivity contribution in [3.63, 3.8) is 0 Å². The Balaban J connectivity index is 1.71. The van der Waals surface area contributed by atoms with Crippen LogP contribution in [0.4, 0.5) is 17.3 Å². The summed E-state index contributed by atoms with van der Waals surface area (Å²) in [5.74, 6) is 1.78. The highest BCUT2D eigenvalue weighted by molar-refractivity contribution is 7.98. The lowest BCUT2D eigenvalue weighted by Gasteiger charge is -2.23. The van der Waals surface area contributed by atoms with E-state index in [1.807, 2.05) is 49.2 Å². The van der Waals surface area contributed by atoms with Crippen LogP contribution in [0.2, 0.25) is 5.15 Å². The number of thioether (sulfide) groups is 1. The van der Waals surface area contributed by atoms with Gasteiger partial charge in [0.2, 0.25) is 0 Å². The molecule has 1 aliphatic heterocycles. The van der Waals surface area contributed by atoms with Gasteiger partial charge in [0.25, 0.3) is 5.91 Å². The van der Waals surface area contributed by atoms with Crippen LogP contribution in [0.3, 0.4) is 0 Å². The number of hydrogen-bond acceptors (Lipinski definition) is 5. The van der Waals surface area contributed by atoms with Crippen LogP contribution in [0.1, 0.15) is 28.4 Å². The number of nitrogens with one attached hydrogen (secondary N) is 1. The van der Waals surface area contributed by atoms with E-state index in [4.69, 9.17) is 11.6 Å². The molecule has 0 unspecified atom stereocenters. The standard InChI is InChI=1S/C21H19ClN4OS/c1-3-26-19-16(21(27)25-18-13(2)9-17(22)24-20(18)26)10-14(11-23-19)12-28-15-7-5-4-6-8-15/h4-11H,3,12H2,1-2H3,(H,25,27). The third-order valence-corrected chi connectivity index (χ3v) is 5.83. The van der Waals surface area contributed by atoms with E-state index in [1.165, 1.54) is 4.90 Å². The first-order valence-electron chi connectivity index (χ1n) is 8.99. The maximum atomic E-state index is 12.9. The summed E-state index contributed by atoms with van der Waals surface area (Å²) in [6, 6.07) is 13.8. The molecule has 4 rings (SSSR count). The van der Waals surface area contributed by atoms with Crippen molar-refractivity contribution in [2.24, 2.45) is 0 Å². The van der Waals surface area contributed by atoms with Crippen molar-refractivity contribution in [1.82, 2.24) is 9.97 Å². The molecule has 1 amide bonds. The summed E-state index contributed by atoms with van der Waals surface area (Å²) in [4.78, 5) is 25.1. The summed E-state index contributed by atoms with van der Waals surface area (Å²) in [5, 5.41) is 3.38. The van der Waals surface area contributed by atoms with Crippen molar-refractivity contribution in [1.29, 1.82) is 0 Å². The molecular weight excluding hydrogens is 392 g/mol. The van der Waals surface area contributed by atoms with E-state index >= 15 is 0 Å². The monoisotopic (exact) mass is 410 g/mol. The normalized spacial score (nSPS) is 12.8. The van der Waals surface area contributed by atoms with Gasteiger partial charge in [-0.3, -0.25) is 4.79 Å². The molecule has 28 heavy (non-hydrogen) atoms. The zero-order valence-electron chi connectivity index (χ0n) is 15.6. The van der Waals surface area contributed by atoms with Crippen molar-refractivity contribution in [3.8, 4) is 0 Å². The summed E-state index contributed by atoms with van der Waals surface area (Å²) in [6.45, 7) is 4.53. The Kier molecular flexibility index (Phi) is 5.24. The molecule has 0 radical (unpaired) electrons. The number of aryl methyl sites for hydroxylation is 1. The third-order valence-electron chi connectivity index (χ3n) is 4.55. The Bertz CT molecular complexity index is 1040. The fourth-order valence-corrected chi connectivity index (χ4v) is 4.28. The third kappa shape index (κ3) is 3.57. The van der Waals surface area contributed by atoms with Gasteiger partial charge in [0, 0.05) is 23.4 Å². The van der Waals surface area contributed by atoms with Crippen molar-refractivity contribution < 1.29 is 4.79 Å². The lowest BCUT2D eigenvalue weighted by molar-refractivity contribution is 0.102. The lowest BCUT2D eigenvalue weighted by Crippen LogP contribution is -2.20. The van der Waals surface area contributed by atoms with Crippen molar-refractivity contribution in [2.45, 2.75) is 24.5 Å². The van der Waals surface area contributed by atoms with Crippen molar-refractivity contribution >= 4 is 46.6 Å². The Morgan fingerprint density at radius 2 is 1.96 bits per heavy atom. The minimum absolute atomic E-state index is 0.182. The van der Waals surface area contributed by atoms with E-state index < -0.39 is 0 Å². The summed E-state index contributed by atoms with van der Waals surface area (Å²) >= 11 is 7.89. The molecule has 0 atom stereocenters. The minimum Gasteiger partial charge on any atom is -0.318 e. The number of aromatic nitrogens is 2. The molecule has 0 aliphatic carbocycles. The Morgan fingerprint density at radius 1 is 1.18 bits per heavy atom. The first-order chi connectivity index (χ1) is 13.6. The van der Waals surface area contributed by atoms with Gasteiger partial charge in [0.1, 0.15) is 11.0 Å². The molecule has 0 fully saturated rings. The maximum Gasteiger partial charge on any atom is 0.259 e. The predicted molar refractivity (Wildman–Crippen MR) is 115 cm³/mol. The highest BCUT2D eigenvalue weighted by Crippen LogP contribution is 2.38. The fraction of sp³-hybridized carbons (Fsp3) is 0.190. The van der Waals surface area contributed by atoms with Crippen LogP contribution in [0.5, 0.6) is 0 Å². The number of hydrogen-bond donors (Lipinski definition) is 1. The van der Waals surface area contributed by atoms with Crippen LogP contribution < -0.4 is 10.2 Å². The second kappa shape index (κ2) is 7.81. The molecule has 0 bridgehead atoms. The van der Waals surface area contributed by atoms with E-state index in [0.717, 1.165) is 16.9 Å². The summed E-state index contributed by atoms with van der Waals surface area (Å²) in [5.41, 5.74) is 3.08. The van der Waals surface area contributed by atoms with Gasteiger partial charge in [0.05, 0.1) is 11.3 Å². The first-order valence-corrected chi connectivity index (χ1v) is 10.4. The Hall–Kier alpha value is -2.57. The topological polar surface area (TPSA) is 58.1 Å². The van der Waals surface area contributed by atoms with Gasteiger partial charge in [-0.05, 0) is 49.2 Å². The maximum absolute atomic E-state index is 12.9. The van der Waals surface area contributed by atoms with E-state index in [1.54, 1.807) is 17.8 Å². The average molecular weight is 411 g/mol. The molecule has 0 spiro atoms. The zero-order chi connectivity index (χ0) is 19.7. The number of halogens is 1. The molecule has 3 heterocycles. The molecule has 7 heteroatoms.